The van der Waals surface area contributed by atoms with Crippen LogP contribution in [0.15, 0.2) is 12.1 Å². The van der Waals surface area contributed by atoms with Crippen molar-refractivity contribution in [3.05, 3.63) is 27.8 Å². The second kappa shape index (κ2) is 7.41. The van der Waals surface area contributed by atoms with E-state index in [9.17, 15) is 19.7 Å². The van der Waals surface area contributed by atoms with Crippen molar-refractivity contribution >= 4 is 34.9 Å². The normalized spacial score (nSPS) is 31.3. The van der Waals surface area contributed by atoms with Gasteiger partial charge in [-0.15, -0.1) is 11.6 Å². The van der Waals surface area contributed by atoms with E-state index in [2.05, 4.69) is 5.32 Å². The molecule has 2 atom stereocenters. The number of esters is 1. The largest absolute Gasteiger partial charge is 0.490 e. The SMILES string of the molecule is COc1cc(NC(=O)COC(=O)C23CC4CC(CC(Cl)(C4)C2)C3)c(C)cc1[N+](=O)[O-]. The summed E-state index contributed by atoms with van der Waals surface area (Å²) in [5, 5.41) is 13.7. The third-order valence-corrected chi connectivity index (χ3v) is 7.20. The Balaban J connectivity index is 1.40. The molecule has 162 valence electrons. The first-order valence-corrected chi connectivity index (χ1v) is 10.5. The number of ether oxygens (including phenoxy) is 2. The summed E-state index contributed by atoms with van der Waals surface area (Å²) in [6, 6.07) is 2.72. The number of nitrogens with zero attached hydrogens (tertiary/aromatic N) is 1. The van der Waals surface area contributed by atoms with E-state index in [0.29, 0.717) is 29.5 Å². The summed E-state index contributed by atoms with van der Waals surface area (Å²) < 4.78 is 10.5. The summed E-state index contributed by atoms with van der Waals surface area (Å²) >= 11 is 6.77. The Bertz CT molecular complexity index is 903. The van der Waals surface area contributed by atoms with Crippen LogP contribution in [0.5, 0.6) is 5.75 Å². The highest BCUT2D eigenvalue weighted by Crippen LogP contribution is 2.64. The molecule has 4 aliphatic rings. The topological polar surface area (TPSA) is 108 Å². The smallest absolute Gasteiger partial charge is 0.312 e. The number of hydrogen-bond acceptors (Lipinski definition) is 6. The first-order chi connectivity index (χ1) is 14.1. The number of methoxy groups -OCH3 is 1. The molecule has 1 N–H and O–H groups in total. The highest BCUT2D eigenvalue weighted by molar-refractivity contribution is 6.24. The average molecular weight is 437 g/mol. The van der Waals surface area contributed by atoms with E-state index in [0.717, 1.165) is 32.1 Å². The van der Waals surface area contributed by atoms with Crippen LogP contribution in [-0.2, 0) is 14.3 Å². The molecule has 30 heavy (non-hydrogen) atoms. The summed E-state index contributed by atoms with van der Waals surface area (Å²) in [4.78, 5) is 35.6. The summed E-state index contributed by atoms with van der Waals surface area (Å²) in [6.45, 7) is 1.23. The summed E-state index contributed by atoms with van der Waals surface area (Å²) in [7, 11) is 1.32. The molecule has 4 bridgehead atoms. The molecule has 4 aliphatic carbocycles. The van der Waals surface area contributed by atoms with Gasteiger partial charge >= 0.3 is 11.7 Å². The highest BCUT2D eigenvalue weighted by Gasteiger charge is 2.60. The van der Waals surface area contributed by atoms with Crippen LogP contribution in [0.1, 0.15) is 44.1 Å². The van der Waals surface area contributed by atoms with Gasteiger partial charge in [-0.2, -0.15) is 0 Å². The van der Waals surface area contributed by atoms with E-state index in [1.54, 1.807) is 6.92 Å². The van der Waals surface area contributed by atoms with E-state index in [4.69, 9.17) is 21.1 Å². The van der Waals surface area contributed by atoms with Crippen LogP contribution in [0.3, 0.4) is 0 Å². The zero-order chi connectivity index (χ0) is 21.7. The van der Waals surface area contributed by atoms with E-state index < -0.39 is 22.9 Å². The lowest BCUT2D eigenvalue weighted by atomic mass is 9.49. The van der Waals surface area contributed by atoms with Crippen LogP contribution in [0.4, 0.5) is 11.4 Å². The second-order valence-corrected chi connectivity index (χ2v) is 9.91. The molecule has 0 radical (unpaired) electrons. The number of halogens is 1. The van der Waals surface area contributed by atoms with Crippen LogP contribution in [0.25, 0.3) is 0 Å². The Kier molecular flexibility index (Phi) is 5.16. The van der Waals surface area contributed by atoms with Gasteiger partial charge in [-0.25, -0.2) is 0 Å². The maximum atomic E-state index is 12.9. The van der Waals surface area contributed by atoms with Crippen molar-refractivity contribution in [1.82, 2.24) is 0 Å². The Hall–Kier alpha value is -2.35. The fourth-order valence-corrected chi connectivity index (χ4v) is 6.67. The van der Waals surface area contributed by atoms with Gasteiger partial charge in [0.05, 0.1) is 17.4 Å². The highest BCUT2D eigenvalue weighted by atomic mass is 35.5. The van der Waals surface area contributed by atoms with Crippen LogP contribution in [0.2, 0.25) is 0 Å². The minimum Gasteiger partial charge on any atom is -0.490 e. The second-order valence-electron chi connectivity index (χ2n) is 9.11. The number of nitro benzene ring substituents is 1. The van der Waals surface area contributed by atoms with Crippen molar-refractivity contribution in [2.45, 2.75) is 50.3 Å². The third-order valence-electron chi connectivity index (χ3n) is 6.75. The first-order valence-electron chi connectivity index (χ1n) is 10.1. The number of aryl methyl sites for hydroxylation is 1. The Morgan fingerprint density at radius 2 is 1.93 bits per heavy atom. The van der Waals surface area contributed by atoms with Gasteiger partial charge in [0.15, 0.2) is 12.4 Å². The summed E-state index contributed by atoms with van der Waals surface area (Å²) in [6.07, 6.45) is 5.25. The van der Waals surface area contributed by atoms with Crippen molar-refractivity contribution in [3.8, 4) is 5.75 Å². The number of hydrogen-bond donors (Lipinski definition) is 1. The average Bonchev–Trinajstić information content (AvgIpc) is 2.65. The van der Waals surface area contributed by atoms with Crippen LogP contribution < -0.4 is 10.1 Å². The van der Waals surface area contributed by atoms with Crippen molar-refractivity contribution in [2.75, 3.05) is 19.0 Å². The molecule has 1 amide bonds. The molecule has 0 spiro atoms. The lowest BCUT2D eigenvalue weighted by molar-refractivity contribution is -0.385. The molecule has 4 saturated carbocycles. The Morgan fingerprint density at radius 1 is 1.27 bits per heavy atom. The maximum absolute atomic E-state index is 12.9. The van der Waals surface area contributed by atoms with Gasteiger partial charge in [-0.05, 0) is 62.8 Å². The molecular weight excluding hydrogens is 412 g/mol. The van der Waals surface area contributed by atoms with Crippen LogP contribution in [0, 0.1) is 34.3 Å². The number of amides is 1. The zero-order valence-corrected chi connectivity index (χ0v) is 17.8. The number of alkyl halides is 1. The van der Waals surface area contributed by atoms with Crippen LogP contribution >= 0.6 is 11.6 Å². The molecule has 0 heterocycles. The van der Waals surface area contributed by atoms with Crippen LogP contribution in [-0.4, -0.2) is 35.4 Å². The number of rotatable bonds is 6. The lowest BCUT2D eigenvalue weighted by Crippen LogP contribution is -2.56. The molecule has 0 saturated heterocycles. The van der Waals surface area contributed by atoms with Gasteiger partial charge in [0, 0.05) is 22.7 Å². The molecular formula is C21H25ClN2O6. The fourth-order valence-electron chi connectivity index (χ4n) is 5.97. The van der Waals surface area contributed by atoms with E-state index in [1.807, 2.05) is 0 Å². The predicted molar refractivity (Wildman–Crippen MR) is 110 cm³/mol. The summed E-state index contributed by atoms with van der Waals surface area (Å²) in [5.74, 6) is 0.113. The van der Waals surface area contributed by atoms with Gasteiger partial charge < -0.3 is 14.8 Å². The number of anilines is 1. The number of carbonyl (C=O) groups excluding carboxylic acids is 2. The molecule has 0 aromatic heterocycles. The lowest BCUT2D eigenvalue weighted by Gasteiger charge is -2.58. The molecule has 4 fully saturated rings. The van der Waals surface area contributed by atoms with E-state index >= 15 is 0 Å². The molecule has 9 heteroatoms. The van der Waals surface area contributed by atoms with Crippen molar-refractivity contribution in [1.29, 1.82) is 0 Å². The fraction of sp³-hybridized carbons (Fsp3) is 0.619. The van der Waals surface area contributed by atoms with Crippen molar-refractivity contribution < 1.29 is 24.0 Å². The number of nitrogens with one attached hydrogen (secondary N) is 1. The maximum Gasteiger partial charge on any atom is 0.312 e. The number of nitro groups is 1. The van der Waals surface area contributed by atoms with E-state index in [-0.39, 0.29) is 22.3 Å². The molecule has 1 aromatic carbocycles. The zero-order valence-electron chi connectivity index (χ0n) is 17.0. The standard InChI is InChI=1S/C21H25ClN2O6/c1-12-3-16(24(27)28)17(29-2)5-15(12)23-18(25)10-30-19(26)20-6-13-4-14(7-20)9-21(22,8-13)11-20/h3,5,13-14H,4,6-11H2,1-2H3,(H,23,25). The third kappa shape index (κ3) is 3.73. The Labute approximate surface area is 179 Å². The molecule has 8 nitrogen and oxygen atoms in total. The molecule has 2 unspecified atom stereocenters. The molecule has 0 aliphatic heterocycles. The molecule has 5 rings (SSSR count). The predicted octanol–water partition coefficient (Wildman–Crippen LogP) is 3.97. The van der Waals surface area contributed by atoms with Gasteiger partial charge in [0.2, 0.25) is 0 Å². The van der Waals surface area contributed by atoms with E-state index in [1.165, 1.54) is 19.2 Å². The van der Waals surface area contributed by atoms with Gasteiger partial charge in [0.1, 0.15) is 0 Å². The molecule has 1 aromatic rings. The Morgan fingerprint density at radius 3 is 2.50 bits per heavy atom. The minimum atomic E-state index is -0.571. The quantitative estimate of drug-likeness (QED) is 0.313. The van der Waals surface area contributed by atoms with Crippen molar-refractivity contribution in [2.24, 2.45) is 17.3 Å². The monoisotopic (exact) mass is 436 g/mol. The number of benzene rings is 1. The van der Waals surface area contributed by atoms with Crippen molar-refractivity contribution in [3.63, 3.8) is 0 Å². The van der Waals surface area contributed by atoms with Gasteiger partial charge in [0.25, 0.3) is 5.91 Å². The number of carbonyl (C=O) groups is 2. The first kappa shape index (κ1) is 20.9. The van der Waals surface area contributed by atoms with Gasteiger partial charge in [-0.1, -0.05) is 0 Å². The minimum absolute atomic E-state index is 0.0406. The van der Waals surface area contributed by atoms with Gasteiger partial charge in [-0.3, -0.25) is 19.7 Å². The summed E-state index contributed by atoms with van der Waals surface area (Å²) in [5.41, 5.74) is 0.120.